The van der Waals surface area contributed by atoms with Crippen LogP contribution in [-0.4, -0.2) is 47.1 Å². The number of likely N-dealkylation sites (N-methyl/N-ethyl adjacent to an activating group) is 1. The van der Waals surface area contributed by atoms with E-state index in [0.717, 1.165) is 16.5 Å². The van der Waals surface area contributed by atoms with Gasteiger partial charge in [0.15, 0.2) is 0 Å². The van der Waals surface area contributed by atoms with E-state index in [1.54, 1.807) is 6.92 Å². The summed E-state index contributed by atoms with van der Waals surface area (Å²) in [5.41, 5.74) is 2.20. The van der Waals surface area contributed by atoms with Crippen molar-refractivity contribution in [3.63, 3.8) is 0 Å². The summed E-state index contributed by atoms with van der Waals surface area (Å²) in [5, 5.41) is 4.07. The summed E-state index contributed by atoms with van der Waals surface area (Å²) in [6.07, 6.45) is 3.24. The van der Waals surface area contributed by atoms with Crippen LogP contribution in [0.3, 0.4) is 0 Å². The van der Waals surface area contributed by atoms with Crippen LogP contribution in [0, 0.1) is 11.8 Å². The smallest absolute Gasteiger partial charge is 0.290 e. The van der Waals surface area contributed by atoms with Crippen molar-refractivity contribution in [1.29, 1.82) is 0 Å². The number of fused-ring (bicyclic) bond motifs is 1. The predicted octanol–water partition coefficient (Wildman–Crippen LogP) is 2.92. The third-order valence-electron chi connectivity index (χ3n) is 5.28. The number of aromatic amines is 1. The minimum absolute atomic E-state index is 0.105. The molecule has 1 aromatic heterocycles. The van der Waals surface area contributed by atoms with E-state index in [2.05, 4.69) is 10.3 Å². The lowest BCUT2D eigenvalue weighted by atomic mass is 9.98. The quantitative estimate of drug-likeness (QED) is 0.651. The van der Waals surface area contributed by atoms with Gasteiger partial charge in [0.05, 0.1) is 0 Å². The summed E-state index contributed by atoms with van der Waals surface area (Å²) in [4.78, 5) is 42.0. The topological polar surface area (TPSA) is 82.3 Å². The fourth-order valence-electron chi connectivity index (χ4n) is 3.39. The van der Waals surface area contributed by atoms with E-state index in [1.807, 2.05) is 51.2 Å². The van der Waals surface area contributed by atoms with Gasteiger partial charge in [-0.2, -0.15) is 0 Å². The maximum atomic E-state index is 12.8. The molecule has 0 bridgehead atoms. The second-order valence-electron chi connectivity index (χ2n) is 7.68. The van der Waals surface area contributed by atoms with Gasteiger partial charge >= 0.3 is 0 Å². The van der Waals surface area contributed by atoms with Crippen LogP contribution in [0.5, 0.6) is 0 Å². The van der Waals surface area contributed by atoms with Crippen LogP contribution in [0.4, 0.5) is 0 Å². The number of Topliss-reactive ketones (excluding diaryl/α,β-unsaturated/α-hetero) is 1. The second kappa shape index (κ2) is 9.53. The molecule has 2 aromatic rings. The molecule has 2 atom stereocenters. The molecule has 0 aliphatic heterocycles. The van der Waals surface area contributed by atoms with Crippen LogP contribution in [0.2, 0.25) is 0 Å². The van der Waals surface area contributed by atoms with E-state index in [9.17, 15) is 14.4 Å². The van der Waals surface area contributed by atoms with Crippen molar-refractivity contribution in [3.8, 4) is 0 Å². The summed E-state index contributed by atoms with van der Waals surface area (Å²) >= 11 is 0. The Kier molecular flexibility index (Phi) is 7.38. The average molecular weight is 386 g/mol. The summed E-state index contributed by atoms with van der Waals surface area (Å²) in [6.45, 7) is 7.82. The molecule has 0 radical (unpaired) electrons. The van der Waals surface area contributed by atoms with Gasteiger partial charge in [0.2, 0.25) is 11.7 Å². The molecule has 2 amide bonds. The van der Waals surface area contributed by atoms with Gasteiger partial charge < -0.3 is 15.2 Å². The van der Waals surface area contributed by atoms with Crippen molar-refractivity contribution in [3.05, 3.63) is 36.0 Å². The van der Waals surface area contributed by atoms with Crippen LogP contribution < -0.4 is 5.32 Å². The highest BCUT2D eigenvalue weighted by Crippen LogP contribution is 2.18. The molecule has 2 N–H and O–H groups in total. The number of carbonyl (C=O) groups is 3. The van der Waals surface area contributed by atoms with Crippen LogP contribution >= 0.6 is 0 Å². The maximum absolute atomic E-state index is 12.8. The van der Waals surface area contributed by atoms with Crippen LogP contribution in [-0.2, 0) is 20.8 Å². The molecular weight excluding hydrogens is 354 g/mol. The molecule has 0 fully saturated rings. The Hall–Kier alpha value is -2.63. The Balaban J connectivity index is 2.00. The first-order chi connectivity index (χ1) is 13.3. The van der Waals surface area contributed by atoms with Gasteiger partial charge in [-0.1, -0.05) is 45.9 Å². The van der Waals surface area contributed by atoms with E-state index in [0.29, 0.717) is 19.4 Å². The Morgan fingerprint density at radius 3 is 2.46 bits per heavy atom. The lowest BCUT2D eigenvalue weighted by Crippen LogP contribution is -2.53. The number of nitrogens with one attached hydrogen (secondary N) is 2. The number of amides is 2. The first-order valence-corrected chi connectivity index (χ1v) is 9.91. The highest BCUT2D eigenvalue weighted by atomic mass is 16.2. The zero-order chi connectivity index (χ0) is 20.8. The molecule has 6 heteroatoms. The van der Waals surface area contributed by atoms with E-state index in [1.165, 1.54) is 11.9 Å². The normalized spacial score (nSPS) is 13.4. The number of ketones is 1. The van der Waals surface area contributed by atoms with Crippen molar-refractivity contribution in [2.75, 3.05) is 13.6 Å². The summed E-state index contributed by atoms with van der Waals surface area (Å²) in [7, 11) is 1.53. The number of carbonyl (C=O) groups excluding carboxylic acids is 3. The largest absolute Gasteiger partial charge is 0.361 e. The van der Waals surface area contributed by atoms with Gasteiger partial charge in [0.25, 0.3) is 5.91 Å². The summed E-state index contributed by atoms with van der Waals surface area (Å²) < 4.78 is 0. The first kappa shape index (κ1) is 21.7. The molecule has 0 saturated heterocycles. The molecule has 1 aromatic carbocycles. The number of hydrogen-bond acceptors (Lipinski definition) is 3. The van der Waals surface area contributed by atoms with E-state index in [4.69, 9.17) is 0 Å². The minimum atomic E-state index is -0.677. The first-order valence-electron chi connectivity index (χ1n) is 9.91. The second-order valence-corrected chi connectivity index (χ2v) is 7.68. The van der Waals surface area contributed by atoms with Gasteiger partial charge in [0, 0.05) is 36.6 Å². The molecule has 0 saturated carbocycles. The van der Waals surface area contributed by atoms with E-state index >= 15 is 0 Å². The highest BCUT2D eigenvalue weighted by molar-refractivity contribution is 6.37. The minimum Gasteiger partial charge on any atom is -0.361 e. The Morgan fingerprint density at radius 2 is 1.82 bits per heavy atom. The van der Waals surface area contributed by atoms with Crippen molar-refractivity contribution in [1.82, 2.24) is 15.2 Å². The molecule has 2 rings (SSSR count). The maximum Gasteiger partial charge on any atom is 0.290 e. The van der Waals surface area contributed by atoms with Crippen LogP contribution in [0.1, 0.15) is 39.7 Å². The number of aromatic nitrogens is 1. The van der Waals surface area contributed by atoms with Gasteiger partial charge in [0.1, 0.15) is 6.04 Å². The number of para-hydroxylation sites is 1. The van der Waals surface area contributed by atoms with E-state index in [-0.39, 0.29) is 17.7 Å². The fraction of sp³-hybridized carbons (Fsp3) is 0.500. The van der Waals surface area contributed by atoms with Crippen LogP contribution in [0.25, 0.3) is 10.9 Å². The standard InChI is InChI=1S/C22H31N3O3/c1-6-15(4)20(26)22(28)25(5)19(14(2)3)21(27)23-12-11-16-13-24-18-10-8-7-9-17(16)18/h7-10,13-15,19,24H,6,11-12H2,1-5H3,(H,23,27)/t15-,19+/m1/s1. The number of rotatable bonds is 9. The zero-order valence-corrected chi connectivity index (χ0v) is 17.4. The molecular formula is C22H31N3O3. The van der Waals surface area contributed by atoms with Gasteiger partial charge in [-0.25, -0.2) is 0 Å². The van der Waals surface area contributed by atoms with Crippen LogP contribution in [0.15, 0.2) is 30.5 Å². The molecule has 6 nitrogen and oxygen atoms in total. The third kappa shape index (κ3) is 4.80. The molecule has 152 valence electrons. The number of H-pyrrole nitrogens is 1. The van der Waals surface area contributed by atoms with Crippen molar-refractivity contribution < 1.29 is 14.4 Å². The molecule has 0 aliphatic rings. The lowest BCUT2D eigenvalue weighted by Gasteiger charge is -2.30. The van der Waals surface area contributed by atoms with Crippen molar-refractivity contribution in [2.24, 2.45) is 11.8 Å². The molecule has 0 unspecified atom stereocenters. The molecule has 0 aliphatic carbocycles. The lowest BCUT2D eigenvalue weighted by molar-refractivity contribution is -0.150. The Bertz CT molecular complexity index is 840. The van der Waals surface area contributed by atoms with Gasteiger partial charge in [-0.05, 0) is 30.4 Å². The third-order valence-corrected chi connectivity index (χ3v) is 5.28. The molecule has 1 heterocycles. The Labute approximate surface area is 166 Å². The summed E-state index contributed by atoms with van der Waals surface area (Å²) in [6, 6.07) is 7.35. The fourth-order valence-corrected chi connectivity index (χ4v) is 3.39. The van der Waals surface area contributed by atoms with Gasteiger partial charge in [-0.15, -0.1) is 0 Å². The van der Waals surface area contributed by atoms with Crippen molar-refractivity contribution in [2.45, 2.75) is 46.6 Å². The van der Waals surface area contributed by atoms with E-state index < -0.39 is 17.7 Å². The highest BCUT2D eigenvalue weighted by Gasteiger charge is 2.33. The molecule has 28 heavy (non-hydrogen) atoms. The average Bonchev–Trinajstić information content (AvgIpc) is 3.09. The van der Waals surface area contributed by atoms with Crippen molar-refractivity contribution >= 4 is 28.5 Å². The Morgan fingerprint density at radius 1 is 1.14 bits per heavy atom. The monoisotopic (exact) mass is 385 g/mol. The zero-order valence-electron chi connectivity index (χ0n) is 17.4. The summed E-state index contributed by atoms with van der Waals surface area (Å²) in [5.74, 6) is -1.72. The molecule has 0 spiro atoms. The number of hydrogen-bond donors (Lipinski definition) is 2. The predicted molar refractivity (Wildman–Crippen MR) is 111 cm³/mol. The number of benzene rings is 1. The SMILES string of the molecule is CC[C@@H](C)C(=O)C(=O)N(C)[C@H](C(=O)NCCc1c[nH]c2ccccc12)C(C)C. The van der Waals surface area contributed by atoms with Gasteiger partial charge in [-0.3, -0.25) is 14.4 Å². The number of nitrogens with zero attached hydrogens (tertiary/aromatic N) is 1.